The minimum absolute atomic E-state index is 0.0753. The van der Waals surface area contributed by atoms with E-state index in [1.165, 1.54) is 141 Å². The maximum absolute atomic E-state index is 13.1. The molecule has 0 aliphatic heterocycles. The zero-order valence-corrected chi connectivity index (χ0v) is 38.7. The van der Waals surface area contributed by atoms with Crippen molar-refractivity contribution in [3.8, 4) is 0 Å². The Morgan fingerprint density at radius 2 is 0.879 bits per heavy atom. The van der Waals surface area contributed by atoms with E-state index in [0.717, 1.165) is 70.6 Å². The molecule has 0 aliphatic carbocycles. The molecule has 58 heavy (non-hydrogen) atoms. The molecule has 3 atom stereocenters. The summed E-state index contributed by atoms with van der Waals surface area (Å²) in [6.45, 7) is 6.44. The summed E-state index contributed by atoms with van der Waals surface area (Å²) >= 11 is 0. The summed E-state index contributed by atoms with van der Waals surface area (Å²) in [5, 5.41) is 23.7. The molecule has 6 heteroatoms. The van der Waals surface area contributed by atoms with Crippen molar-refractivity contribution in [2.75, 3.05) is 6.61 Å². The molecule has 1 amide bonds. The van der Waals surface area contributed by atoms with Gasteiger partial charge in [0.15, 0.2) is 0 Å². The van der Waals surface area contributed by atoms with Gasteiger partial charge in [-0.15, -0.1) is 0 Å². The first-order chi connectivity index (χ1) is 28.5. The van der Waals surface area contributed by atoms with Gasteiger partial charge in [0.05, 0.1) is 25.2 Å². The molecule has 0 aromatic rings. The lowest BCUT2D eigenvalue weighted by Gasteiger charge is -2.24. The van der Waals surface area contributed by atoms with Gasteiger partial charge >= 0.3 is 5.97 Å². The summed E-state index contributed by atoms with van der Waals surface area (Å²) in [4.78, 5) is 26.0. The molecule has 0 aromatic heterocycles. The molecule has 3 unspecified atom stereocenters. The Hall–Kier alpha value is -1.92. The number of ether oxygens (including phenoxy) is 1. The van der Waals surface area contributed by atoms with Gasteiger partial charge < -0.3 is 20.3 Å². The fourth-order valence-electron chi connectivity index (χ4n) is 7.61. The van der Waals surface area contributed by atoms with Crippen LogP contribution in [0, 0.1) is 0 Å². The minimum atomic E-state index is -0.785. The van der Waals surface area contributed by atoms with E-state index in [2.05, 4.69) is 62.5 Å². The second-order valence-electron chi connectivity index (χ2n) is 17.2. The molecule has 0 spiro atoms. The number of unbranched alkanes of at least 4 members (excludes halogenated alkanes) is 27. The second-order valence-corrected chi connectivity index (χ2v) is 17.2. The number of hydrogen-bond acceptors (Lipinski definition) is 5. The molecule has 0 heterocycles. The van der Waals surface area contributed by atoms with Crippen LogP contribution in [-0.2, 0) is 14.3 Å². The van der Waals surface area contributed by atoms with Crippen molar-refractivity contribution in [3.63, 3.8) is 0 Å². The molecule has 6 nitrogen and oxygen atoms in total. The zero-order chi connectivity index (χ0) is 42.4. The molecule has 0 saturated carbocycles. The average molecular weight is 816 g/mol. The molecule has 3 N–H and O–H groups in total. The van der Waals surface area contributed by atoms with E-state index in [4.69, 9.17) is 4.74 Å². The van der Waals surface area contributed by atoms with Gasteiger partial charge in [0, 0.05) is 6.42 Å². The minimum Gasteiger partial charge on any atom is -0.462 e. The molecule has 0 aliphatic rings. The van der Waals surface area contributed by atoms with E-state index in [0.29, 0.717) is 19.3 Å². The van der Waals surface area contributed by atoms with Crippen molar-refractivity contribution in [2.45, 2.75) is 277 Å². The lowest BCUT2D eigenvalue weighted by molar-refractivity contribution is -0.151. The van der Waals surface area contributed by atoms with Gasteiger partial charge in [-0.2, -0.15) is 0 Å². The Labute approximate surface area is 360 Å². The lowest BCUT2D eigenvalue weighted by Crippen LogP contribution is -2.46. The van der Waals surface area contributed by atoms with Crippen LogP contribution in [0.15, 0.2) is 36.5 Å². The van der Waals surface area contributed by atoms with Crippen molar-refractivity contribution in [2.24, 2.45) is 0 Å². The summed E-state index contributed by atoms with van der Waals surface area (Å²) in [6, 6.07) is -0.699. The summed E-state index contributed by atoms with van der Waals surface area (Å²) in [7, 11) is 0. The standard InChI is InChI=1S/C52H97NO5/c1-4-7-10-13-16-19-22-23-24-25-26-27-28-29-30-33-36-39-42-45-52(57)58-48(43-40-37-34-31-20-17-14-11-8-5-2)46-51(56)53-49(47-54)50(55)44-41-38-35-32-21-18-15-12-9-6-3/h16,19,23-24,26-27,48-50,54-55H,4-15,17-18,20-22,25,28-47H2,1-3H3,(H,53,56)/b19-16-,24-23-,27-26-. The van der Waals surface area contributed by atoms with Gasteiger partial charge in [-0.25, -0.2) is 0 Å². The van der Waals surface area contributed by atoms with Crippen LogP contribution in [0.4, 0.5) is 0 Å². The molecule has 0 radical (unpaired) electrons. The number of carbonyl (C=O) groups excluding carboxylic acids is 2. The van der Waals surface area contributed by atoms with Crippen molar-refractivity contribution >= 4 is 11.9 Å². The van der Waals surface area contributed by atoms with Crippen LogP contribution in [0.3, 0.4) is 0 Å². The van der Waals surface area contributed by atoms with Crippen LogP contribution in [0.2, 0.25) is 0 Å². The number of hydrogen-bond donors (Lipinski definition) is 3. The van der Waals surface area contributed by atoms with Crippen molar-refractivity contribution < 1.29 is 24.5 Å². The topological polar surface area (TPSA) is 95.9 Å². The summed E-state index contributed by atoms with van der Waals surface area (Å²) in [5.41, 5.74) is 0. The highest BCUT2D eigenvalue weighted by atomic mass is 16.5. The predicted molar refractivity (Wildman–Crippen MR) is 250 cm³/mol. The molecule has 0 fully saturated rings. The highest BCUT2D eigenvalue weighted by Gasteiger charge is 2.24. The molecule has 0 bridgehead atoms. The van der Waals surface area contributed by atoms with Gasteiger partial charge in [0.25, 0.3) is 0 Å². The smallest absolute Gasteiger partial charge is 0.306 e. The van der Waals surface area contributed by atoms with Crippen LogP contribution >= 0.6 is 0 Å². The molecular formula is C52H97NO5. The SMILES string of the molecule is CCCCC/C=C\C/C=C\C/C=C\CCCCCCCCC(=O)OC(CCCCCCCCCCCC)CC(=O)NC(CO)C(O)CCCCCCCCCCCC. The van der Waals surface area contributed by atoms with Gasteiger partial charge in [0.2, 0.25) is 5.91 Å². The van der Waals surface area contributed by atoms with Crippen LogP contribution in [0.25, 0.3) is 0 Å². The number of esters is 1. The number of rotatable bonds is 45. The van der Waals surface area contributed by atoms with Gasteiger partial charge in [-0.3, -0.25) is 9.59 Å². The second kappa shape index (κ2) is 46.2. The molecule has 0 rings (SSSR count). The Morgan fingerprint density at radius 3 is 1.36 bits per heavy atom. The molecule has 0 saturated heterocycles. The maximum atomic E-state index is 13.1. The predicted octanol–water partition coefficient (Wildman–Crippen LogP) is 14.9. The first-order valence-electron chi connectivity index (χ1n) is 25.2. The van der Waals surface area contributed by atoms with Crippen LogP contribution < -0.4 is 5.32 Å². The van der Waals surface area contributed by atoms with E-state index < -0.39 is 18.2 Å². The fraction of sp³-hybridized carbons (Fsp3) is 0.846. The Balaban J connectivity index is 4.49. The third-order valence-corrected chi connectivity index (χ3v) is 11.5. The van der Waals surface area contributed by atoms with Gasteiger partial charge in [0.1, 0.15) is 6.10 Å². The fourth-order valence-corrected chi connectivity index (χ4v) is 7.61. The normalized spacial score (nSPS) is 13.5. The van der Waals surface area contributed by atoms with E-state index in [1.807, 2.05) is 0 Å². The summed E-state index contributed by atoms with van der Waals surface area (Å²) in [5.74, 6) is -0.481. The Morgan fingerprint density at radius 1 is 0.500 bits per heavy atom. The number of nitrogens with one attached hydrogen (secondary N) is 1. The van der Waals surface area contributed by atoms with Crippen molar-refractivity contribution in [3.05, 3.63) is 36.5 Å². The first kappa shape index (κ1) is 56.1. The molecular weight excluding hydrogens is 719 g/mol. The van der Waals surface area contributed by atoms with Crippen molar-refractivity contribution in [1.29, 1.82) is 0 Å². The molecule has 340 valence electrons. The number of amides is 1. The van der Waals surface area contributed by atoms with E-state index in [-0.39, 0.29) is 24.9 Å². The van der Waals surface area contributed by atoms with Crippen molar-refractivity contribution in [1.82, 2.24) is 5.32 Å². The number of aliphatic hydroxyl groups excluding tert-OH is 2. The first-order valence-corrected chi connectivity index (χ1v) is 25.2. The zero-order valence-electron chi connectivity index (χ0n) is 38.7. The van der Waals surface area contributed by atoms with Gasteiger partial charge in [-0.1, -0.05) is 218 Å². The maximum Gasteiger partial charge on any atom is 0.306 e. The van der Waals surface area contributed by atoms with Crippen LogP contribution in [0.5, 0.6) is 0 Å². The van der Waals surface area contributed by atoms with E-state index in [9.17, 15) is 19.8 Å². The quantitative estimate of drug-likeness (QED) is 0.0323. The van der Waals surface area contributed by atoms with E-state index >= 15 is 0 Å². The number of allylic oxidation sites excluding steroid dienone is 6. The summed E-state index contributed by atoms with van der Waals surface area (Å²) < 4.78 is 5.91. The third-order valence-electron chi connectivity index (χ3n) is 11.5. The summed E-state index contributed by atoms with van der Waals surface area (Å²) in [6.07, 6.45) is 53.5. The monoisotopic (exact) mass is 816 g/mol. The van der Waals surface area contributed by atoms with Crippen LogP contribution in [0.1, 0.15) is 258 Å². The third kappa shape index (κ3) is 40.8. The Bertz CT molecular complexity index is 961. The lowest BCUT2D eigenvalue weighted by atomic mass is 10.0. The highest BCUT2D eigenvalue weighted by Crippen LogP contribution is 2.18. The molecule has 0 aromatic carbocycles. The van der Waals surface area contributed by atoms with E-state index in [1.54, 1.807) is 0 Å². The largest absolute Gasteiger partial charge is 0.462 e. The average Bonchev–Trinajstić information content (AvgIpc) is 3.22. The van der Waals surface area contributed by atoms with Crippen LogP contribution in [-0.4, -0.2) is 46.9 Å². The highest BCUT2D eigenvalue weighted by molar-refractivity contribution is 5.77. The van der Waals surface area contributed by atoms with Gasteiger partial charge in [-0.05, 0) is 64.2 Å². The number of carbonyl (C=O) groups is 2. The Kier molecular flexibility index (Phi) is 44.6. The number of aliphatic hydroxyl groups is 2.